The van der Waals surface area contributed by atoms with Gasteiger partial charge in [-0.3, -0.25) is 4.79 Å². The van der Waals surface area contributed by atoms with Crippen molar-refractivity contribution in [3.8, 4) is 11.3 Å². The molecule has 3 rings (SSSR count). The van der Waals surface area contributed by atoms with Crippen molar-refractivity contribution in [3.05, 3.63) is 69.5 Å². The van der Waals surface area contributed by atoms with Gasteiger partial charge in [-0.2, -0.15) is 0 Å². The van der Waals surface area contributed by atoms with Crippen LogP contribution in [0.25, 0.3) is 11.3 Å². The summed E-state index contributed by atoms with van der Waals surface area (Å²) in [6.45, 7) is 0. The molecular weight excluding hydrogens is 348 g/mol. The number of thiazole rings is 1. The summed E-state index contributed by atoms with van der Waals surface area (Å²) in [7, 11) is 0. The van der Waals surface area contributed by atoms with E-state index in [1.54, 1.807) is 5.51 Å². The van der Waals surface area contributed by atoms with Crippen LogP contribution in [0, 0.1) is 0 Å². The molecule has 0 saturated carbocycles. The number of nitrogens with zero attached hydrogens (tertiary/aromatic N) is 1. The van der Waals surface area contributed by atoms with Crippen LogP contribution >= 0.6 is 27.3 Å². The van der Waals surface area contributed by atoms with E-state index in [1.807, 2.05) is 54.6 Å². The van der Waals surface area contributed by atoms with Crippen molar-refractivity contribution in [2.24, 2.45) is 0 Å². The monoisotopic (exact) mass is 358 g/mol. The van der Waals surface area contributed by atoms with Crippen molar-refractivity contribution in [1.82, 2.24) is 4.98 Å². The lowest BCUT2D eigenvalue weighted by Gasteiger charge is -2.05. The van der Waals surface area contributed by atoms with E-state index in [4.69, 9.17) is 0 Å². The molecule has 1 aromatic heterocycles. The van der Waals surface area contributed by atoms with Gasteiger partial charge in [-0.05, 0) is 24.3 Å². The molecule has 0 spiro atoms. The molecule has 0 aliphatic rings. The quantitative estimate of drug-likeness (QED) is 0.728. The third kappa shape index (κ3) is 3.20. The molecule has 1 heterocycles. The average molecular weight is 359 g/mol. The number of amides is 1. The molecule has 0 unspecified atom stereocenters. The second kappa shape index (κ2) is 6.20. The Morgan fingerprint density at radius 1 is 1.05 bits per heavy atom. The number of hydrogen-bond acceptors (Lipinski definition) is 3. The van der Waals surface area contributed by atoms with Crippen LogP contribution in [0.1, 0.15) is 9.67 Å². The molecule has 3 aromatic rings. The molecule has 1 amide bonds. The van der Waals surface area contributed by atoms with Crippen LogP contribution in [0.15, 0.2) is 64.6 Å². The Kier molecular flexibility index (Phi) is 4.13. The number of nitrogens with one attached hydrogen (secondary N) is 1. The standard InChI is InChI=1S/C16H11BrN2OS/c17-12-6-8-13(9-7-12)19-16(20)15-14(18-10-21-15)11-4-2-1-3-5-11/h1-10H,(H,19,20). The summed E-state index contributed by atoms with van der Waals surface area (Å²) in [6.07, 6.45) is 0. The topological polar surface area (TPSA) is 42.0 Å². The summed E-state index contributed by atoms with van der Waals surface area (Å²) in [5.41, 5.74) is 4.12. The Balaban J connectivity index is 1.86. The zero-order valence-electron chi connectivity index (χ0n) is 10.9. The number of carbonyl (C=O) groups is 1. The third-order valence-electron chi connectivity index (χ3n) is 2.92. The van der Waals surface area contributed by atoms with E-state index < -0.39 is 0 Å². The molecule has 104 valence electrons. The minimum Gasteiger partial charge on any atom is -0.321 e. The third-order valence-corrected chi connectivity index (χ3v) is 4.28. The van der Waals surface area contributed by atoms with Crippen LogP contribution in [0.5, 0.6) is 0 Å². The Morgan fingerprint density at radius 3 is 2.48 bits per heavy atom. The molecule has 0 bridgehead atoms. The first-order chi connectivity index (χ1) is 10.2. The van der Waals surface area contributed by atoms with Gasteiger partial charge in [-0.1, -0.05) is 46.3 Å². The molecule has 2 aromatic carbocycles. The van der Waals surface area contributed by atoms with Crippen molar-refractivity contribution < 1.29 is 4.79 Å². The van der Waals surface area contributed by atoms with Crippen molar-refractivity contribution in [3.63, 3.8) is 0 Å². The van der Waals surface area contributed by atoms with Crippen LogP contribution in [-0.2, 0) is 0 Å². The minimum atomic E-state index is -0.140. The lowest BCUT2D eigenvalue weighted by Crippen LogP contribution is -2.11. The van der Waals surface area contributed by atoms with Crippen LogP contribution in [0.3, 0.4) is 0 Å². The fourth-order valence-electron chi connectivity index (χ4n) is 1.93. The molecule has 0 aliphatic heterocycles. The van der Waals surface area contributed by atoms with Crippen molar-refractivity contribution >= 4 is 38.9 Å². The largest absolute Gasteiger partial charge is 0.321 e. The zero-order valence-corrected chi connectivity index (χ0v) is 13.3. The first-order valence-corrected chi connectivity index (χ1v) is 7.97. The van der Waals surface area contributed by atoms with Crippen molar-refractivity contribution in [2.75, 3.05) is 5.32 Å². The van der Waals surface area contributed by atoms with Gasteiger partial charge in [0.05, 0.1) is 11.2 Å². The Bertz CT molecular complexity index is 753. The molecule has 5 heteroatoms. The Labute approximate surface area is 134 Å². The van der Waals surface area contributed by atoms with E-state index in [1.165, 1.54) is 11.3 Å². The average Bonchev–Trinajstić information content (AvgIpc) is 3.00. The Morgan fingerprint density at radius 2 is 1.76 bits per heavy atom. The van der Waals surface area contributed by atoms with Crippen molar-refractivity contribution in [2.45, 2.75) is 0 Å². The summed E-state index contributed by atoms with van der Waals surface area (Å²) in [5.74, 6) is -0.140. The molecule has 3 nitrogen and oxygen atoms in total. The highest BCUT2D eigenvalue weighted by Crippen LogP contribution is 2.26. The number of rotatable bonds is 3. The van der Waals surface area contributed by atoms with E-state index in [0.717, 1.165) is 21.4 Å². The predicted molar refractivity (Wildman–Crippen MR) is 89.6 cm³/mol. The zero-order chi connectivity index (χ0) is 14.7. The van der Waals surface area contributed by atoms with E-state index in [0.29, 0.717) is 4.88 Å². The lowest BCUT2D eigenvalue weighted by molar-refractivity contribution is 0.103. The normalized spacial score (nSPS) is 10.3. The molecular formula is C16H11BrN2OS. The van der Waals surface area contributed by atoms with Crippen LogP contribution in [0.4, 0.5) is 5.69 Å². The summed E-state index contributed by atoms with van der Waals surface area (Å²) < 4.78 is 0.975. The maximum absolute atomic E-state index is 12.4. The van der Waals surface area contributed by atoms with Crippen molar-refractivity contribution in [1.29, 1.82) is 0 Å². The number of anilines is 1. The maximum atomic E-state index is 12.4. The van der Waals surface area contributed by atoms with Gasteiger partial charge in [-0.15, -0.1) is 11.3 Å². The fourth-order valence-corrected chi connectivity index (χ4v) is 2.90. The van der Waals surface area contributed by atoms with E-state index in [2.05, 4.69) is 26.2 Å². The number of hydrogen-bond donors (Lipinski definition) is 1. The molecule has 0 atom stereocenters. The maximum Gasteiger partial charge on any atom is 0.268 e. The highest BCUT2D eigenvalue weighted by atomic mass is 79.9. The lowest BCUT2D eigenvalue weighted by atomic mass is 10.1. The van der Waals surface area contributed by atoms with Gasteiger partial charge in [0, 0.05) is 15.7 Å². The fraction of sp³-hybridized carbons (Fsp3) is 0. The van der Waals surface area contributed by atoms with Crippen LogP contribution < -0.4 is 5.32 Å². The summed E-state index contributed by atoms with van der Waals surface area (Å²) in [5, 5.41) is 2.89. The summed E-state index contributed by atoms with van der Waals surface area (Å²) >= 11 is 4.71. The van der Waals surface area contributed by atoms with E-state index in [9.17, 15) is 4.79 Å². The second-order valence-corrected chi connectivity index (χ2v) is 6.13. The van der Waals surface area contributed by atoms with Gasteiger partial charge < -0.3 is 5.32 Å². The van der Waals surface area contributed by atoms with Crippen LogP contribution in [0.2, 0.25) is 0 Å². The minimum absolute atomic E-state index is 0.140. The highest BCUT2D eigenvalue weighted by molar-refractivity contribution is 9.10. The molecule has 0 radical (unpaired) electrons. The first-order valence-electron chi connectivity index (χ1n) is 6.30. The van der Waals surface area contributed by atoms with Gasteiger partial charge in [0.25, 0.3) is 5.91 Å². The first kappa shape index (κ1) is 14.0. The second-order valence-electron chi connectivity index (χ2n) is 4.36. The SMILES string of the molecule is O=C(Nc1ccc(Br)cc1)c1scnc1-c1ccccc1. The van der Waals surface area contributed by atoms with E-state index >= 15 is 0 Å². The number of aromatic nitrogens is 1. The van der Waals surface area contributed by atoms with E-state index in [-0.39, 0.29) is 5.91 Å². The van der Waals surface area contributed by atoms with Gasteiger partial charge in [0.1, 0.15) is 4.88 Å². The predicted octanol–water partition coefficient (Wildman–Crippen LogP) is 4.82. The molecule has 1 N–H and O–H groups in total. The molecule has 0 fully saturated rings. The van der Waals surface area contributed by atoms with Gasteiger partial charge in [0.15, 0.2) is 0 Å². The number of carbonyl (C=O) groups excluding carboxylic acids is 1. The molecule has 21 heavy (non-hydrogen) atoms. The smallest absolute Gasteiger partial charge is 0.268 e. The van der Waals surface area contributed by atoms with Gasteiger partial charge in [-0.25, -0.2) is 4.98 Å². The van der Waals surface area contributed by atoms with Gasteiger partial charge in [0.2, 0.25) is 0 Å². The highest BCUT2D eigenvalue weighted by Gasteiger charge is 2.16. The number of benzene rings is 2. The summed E-state index contributed by atoms with van der Waals surface area (Å²) in [6, 6.07) is 17.2. The number of halogens is 1. The van der Waals surface area contributed by atoms with Gasteiger partial charge >= 0.3 is 0 Å². The molecule has 0 aliphatic carbocycles. The van der Waals surface area contributed by atoms with Crippen LogP contribution in [-0.4, -0.2) is 10.9 Å². The molecule has 0 saturated heterocycles. The summed E-state index contributed by atoms with van der Waals surface area (Å²) in [4.78, 5) is 17.3. The Hall–Kier alpha value is -1.98.